The third kappa shape index (κ3) is 3.81. The minimum atomic E-state index is 0.410. The van der Waals surface area contributed by atoms with Crippen LogP contribution < -0.4 is 5.32 Å². The molecule has 1 fully saturated rings. The number of nitrogens with one attached hydrogen (secondary N) is 1. The zero-order valence-corrected chi connectivity index (χ0v) is 12.9. The summed E-state index contributed by atoms with van der Waals surface area (Å²) < 4.78 is 1.20. The molecule has 0 bridgehead atoms. The van der Waals surface area contributed by atoms with Gasteiger partial charge < -0.3 is 10.2 Å². The van der Waals surface area contributed by atoms with Crippen molar-refractivity contribution in [2.75, 3.05) is 26.7 Å². The molecular weight excluding hydrogens is 288 g/mol. The zero-order valence-electron chi connectivity index (χ0n) is 11.3. The summed E-state index contributed by atoms with van der Waals surface area (Å²) in [6, 6.07) is 8.88. The number of rotatable bonds is 4. The van der Waals surface area contributed by atoms with Crippen LogP contribution in [0.5, 0.6) is 0 Å². The zero-order chi connectivity index (χ0) is 13.0. The molecule has 1 aliphatic rings. The van der Waals surface area contributed by atoms with Gasteiger partial charge in [0.05, 0.1) is 0 Å². The molecule has 1 heterocycles. The lowest BCUT2D eigenvalue weighted by Gasteiger charge is -2.30. The van der Waals surface area contributed by atoms with Gasteiger partial charge in [-0.1, -0.05) is 34.1 Å². The van der Waals surface area contributed by atoms with Gasteiger partial charge in [-0.05, 0) is 57.5 Å². The first-order valence-corrected chi connectivity index (χ1v) is 7.62. The number of piperidine rings is 1. The Hall–Kier alpha value is -0.380. The quantitative estimate of drug-likeness (QED) is 0.916. The first-order valence-electron chi connectivity index (χ1n) is 6.83. The fourth-order valence-electron chi connectivity index (χ4n) is 2.72. The number of benzene rings is 1. The maximum Gasteiger partial charge on any atom is 0.0303 e. The van der Waals surface area contributed by atoms with Crippen LogP contribution in [0.3, 0.4) is 0 Å². The van der Waals surface area contributed by atoms with Gasteiger partial charge in [0.2, 0.25) is 0 Å². The van der Waals surface area contributed by atoms with E-state index in [0.717, 1.165) is 12.5 Å². The number of hydrogen-bond acceptors (Lipinski definition) is 2. The standard InChI is InChI=1S/C15H23BrN2/c1-12(14-7-3-4-8-15(14)16)17-10-13-6-5-9-18(2)11-13/h3-4,7-8,12-13,17H,5-6,9-11H2,1-2H3/t12-,13?/m0/s1. The van der Waals surface area contributed by atoms with E-state index in [0.29, 0.717) is 6.04 Å². The van der Waals surface area contributed by atoms with Crippen molar-refractivity contribution in [3.8, 4) is 0 Å². The second kappa shape index (κ2) is 6.69. The van der Waals surface area contributed by atoms with E-state index in [-0.39, 0.29) is 0 Å². The van der Waals surface area contributed by atoms with E-state index in [9.17, 15) is 0 Å². The summed E-state index contributed by atoms with van der Waals surface area (Å²) in [6.45, 7) is 5.85. The smallest absolute Gasteiger partial charge is 0.0303 e. The Labute approximate surface area is 119 Å². The molecule has 1 saturated heterocycles. The number of hydrogen-bond donors (Lipinski definition) is 1. The van der Waals surface area contributed by atoms with E-state index in [1.807, 2.05) is 0 Å². The molecule has 1 unspecified atom stereocenters. The number of nitrogens with zero attached hydrogens (tertiary/aromatic N) is 1. The van der Waals surface area contributed by atoms with E-state index in [1.54, 1.807) is 0 Å². The van der Waals surface area contributed by atoms with Gasteiger partial charge in [0, 0.05) is 17.1 Å². The second-order valence-corrected chi connectivity index (χ2v) is 6.28. The van der Waals surface area contributed by atoms with Crippen LogP contribution >= 0.6 is 15.9 Å². The van der Waals surface area contributed by atoms with Crippen molar-refractivity contribution in [2.45, 2.75) is 25.8 Å². The Bertz CT molecular complexity index is 381. The van der Waals surface area contributed by atoms with Crippen molar-refractivity contribution in [3.63, 3.8) is 0 Å². The predicted molar refractivity (Wildman–Crippen MR) is 80.8 cm³/mol. The molecule has 1 N–H and O–H groups in total. The fourth-order valence-corrected chi connectivity index (χ4v) is 3.35. The molecule has 0 radical (unpaired) electrons. The molecule has 100 valence electrons. The van der Waals surface area contributed by atoms with Crippen LogP contribution in [0.4, 0.5) is 0 Å². The molecule has 18 heavy (non-hydrogen) atoms. The minimum Gasteiger partial charge on any atom is -0.310 e. The van der Waals surface area contributed by atoms with E-state index in [4.69, 9.17) is 0 Å². The number of likely N-dealkylation sites (tertiary alicyclic amines) is 1. The molecule has 0 aromatic heterocycles. The van der Waals surface area contributed by atoms with Gasteiger partial charge >= 0.3 is 0 Å². The normalized spacial score (nSPS) is 22.9. The molecule has 2 nitrogen and oxygen atoms in total. The van der Waals surface area contributed by atoms with Crippen molar-refractivity contribution in [3.05, 3.63) is 34.3 Å². The lowest BCUT2D eigenvalue weighted by atomic mass is 9.98. The topological polar surface area (TPSA) is 15.3 Å². The Kier molecular flexibility index (Phi) is 5.22. The van der Waals surface area contributed by atoms with Crippen LogP contribution in [0.25, 0.3) is 0 Å². The maximum absolute atomic E-state index is 3.67. The molecule has 0 saturated carbocycles. The second-order valence-electron chi connectivity index (χ2n) is 5.42. The van der Waals surface area contributed by atoms with Crippen LogP contribution in [-0.2, 0) is 0 Å². The van der Waals surface area contributed by atoms with Crippen molar-refractivity contribution >= 4 is 15.9 Å². The highest BCUT2D eigenvalue weighted by molar-refractivity contribution is 9.10. The molecule has 0 aliphatic carbocycles. The highest BCUT2D eigenvalue weighted by Gasteiger charge is 2.18. The largest absolute Gasteiger partial charge is 0.310 e. The first-order chi connectivity index (χ1) is 8.66. The van der Waals surface area contributed by atoms with Crippen molar-refractivity contribution < 1.29 is 0 Å². The fraction of sp³-hybridized carbons (Fsp3) is 0.600. The molecule has 1 aliphatic heterocycles. The van der Waals surface area contributed by atoms with E-state index >= 15 is 0 Å². The third-order valence-electron chi connectivity index (χ3n) is 3.81. The third-order valence-corrected chi connectivity index (χ3v) is 4.53. The van der Waals surface area contributed by atoms with Gasteiger partial charge in [-0.15, -0.1) is 0 Å². The average Bonchev–Trinajstić information content (AvgIpc) is 2.37. The summed E-state index contributed by atoms with van der Waals surface area (Å²) in [5.74, 6) is 0.800. The SMILES string of the molecule is C[C@H](NCC1CCCN(C)C1)c1ccccc1Br. The van der Waals surface area contributed by atoms with E-state index in [1.165, 1.54) is 36.0 Å². The molecule has 0 amide bonds. The van der Waals surface area contributed by atoms with Gasteiger partial charge in [0.1, 0.15) is 0 Å². The lowest BCUT2D eigenvalue weighted by molar-refractivity contribution is 0.203. The summed E-state index contributed by atoms with van der Waals surface area (Å²) in [4.78, 5) is 2.44. The monoisotopic (exact) mass is 310 g/mol. The Morgan fingerprint density at radius 1 is 1.44 bits per heavy atom. The van der Waals surface area contributed by atoms with Crippen LogP contribution in [0, 0.1) is 5.92 Å². The first kappa shape index (κ1) is 14.0. The number of halogens is 1. The molecule has 2 rings (SSSR count). The summed E-state index contributed by atoms with van der Waals surface area (Å²) in [5, 5.41) is 3.67. The summed E-state index contributed by atoms with van der Waals surface area (Å²) in [5.41, 5.74) is 1.35. The summed E-state index contributed by atoms with van der Waals surface area (Å²) in [7, 11) is 2.23. The Balaban J connectivity index is 1.84. The highest BCUT2D eigenvalue weighted by Crippen LogP contribution is 2.23. The maximum atomic E-state index is 3.67. The summed E-state index contributed by atoms with van der Waals surface area (Å²) in [6.07, 6.45) is 2.70. The molecular formula is C15H23BrN2. The highest BCUT2D eigenvalue weighted by atomic mass is 79.9. The van der Waals surface area contributed by atoms with Crippen molar-refractivity contribution in [2.24, 2.45) is 5.92 Å². The van der Waals surface area contributed by atoms with E-state index in [2.05, 4.69) is 64.4 Å². The van der Waals surface area contributed by atoms with E-state index < -0.39 is 0 Å². The van der Waals surface area contributed by atoms with Crippen molar-refractivity contribution in [1.29, 1.82) is 0 Å². The van der Waals surface area contributed by atoms with Crippen LogP contribution in [0.15, 0.2) is 28.7 Å². The predicted octanol–water partition coefficient (Wildman–Crippen LogP) is 3.44. The average molecular weight is 311 g/mol. The Morgan fingerprint density at radius 2 is 2.22 bits per heavy atom. The summed E-state index contributed by atoms with van der Waals surface area (Å²) >= 11 is 3.62. The van der Waals surface area contributed by atoms with Gasteiger partial charge in [-0.2, -0.15) is 0 Å². The lowest BCUT2D eigenvalue weighted by Crippen LogP contribution is -2.38. The van der Waals surface area contributed by atoms with Crippen LogP contribution in [0.1, 0.15) is 31.4 Å². The molecule has 3 heteroatoms. The molecule has 0 spiro atoms. The van der Waals surface area contributed by atoms with Gasteiger partial charge in [-0.25, -0.2) is 0 Å². The molecule has 2 atom stereocenters. The Morgan fingerprint density at radius 3 is 2.94 bits per heavy atom. The molecule has 1 aromatic rings. The molecule has 1 aromatic carbocycles. The van der Waals surface area contributed by atoms with Crippen molar-refractivity contribution in [1.82, 2.24) is 10.2 Å². The van der Waals surface area contributed by atoms with Crippen LogP contribution in [-0.4, -0.2) is 31.6 Å². The van der Waals surface area contributed by atoms with Gasteiger partial charge in [0.15, 0.2) is 0 Å². The van der Waals surface area contributed by atoms with Gasteiger partial charge in [-0.3, -0.25) is 0 Å². The minimum absolute atomic E-state index is 0.410. The van der Waals surface area contributed by atoms with Crippen LogP contribution in [0.2, 0.25) is 0 Å². The van der Waals surface area contributed by atoms with Gasteiger partial charge in [0.25, 0.3) is 0 Å².